The van der Waals surface area contributed by atoms with E-state index in [4.69, 9.17) is 16.6 Å². The first-order chi connectivity index (χ1) is 16.6. The van der Waals surface area contributed by atoms with Gasteiger partial charge in [-0.05, 0) is 49.4 Å². The Kier molecular flexibility index (Phi) is 6.80. The Morgan fingerprint density at radius 3 is 2.74 bits per heavy atom. The second-order valence-electron chi connectivity index (χ2n) is 7.86. The van der Waals surface area contributed by atoms with E-state index in [1.807, 2.05) is 48.5 Å². The summed E-state index contributed by atoms with van der Waals surface area (Å²) in [6, 6.07) is 16.7. The van der Waals surface area contributed by atoms with E-state index >= 15 is 0 Å². The number of rotatable bonds is 6. The zero-order chi connectivity index (χ0) is 23.5. The van der Waals surface area contributed by atoms with Crippen molar-refractivity contribution < 1.29 is 4.79 Å². The van der Waals surface area contributed by atoms with Crippen LogP contribution >= 0.6 is 34.7 Å². The molecule has 2 heterocycles. The number of hydrogen-bond acceptors (Lipinski definition) is 6. The highest BCUT2D eigenvalue weighted by Gasteiger charge is 2.23. The zero-order valence-corrected chi connectivity index (χ0v) is 20.6. The molecule has 2 aromatic heterocycles. The van der Waals surface area contributed by atoms with Gasteiger partial charge in [-0.1, -0.05) is 59.8 Å². The van der Waals surface area contributed by atoms with Crippen molar-refractivity contribution in [1.29, 1.82) is 0 Å². The van der Waals surface area contributed by atoms with Crippen molar-refractivity contribution in [3.8, 4) is 5.69 Å². The summed E-state index contributed by atoms with van der Waals surface area (Å²) < 4.78 is 1.62. The molecular formula is C25H21ClN4O2S2. The number of amides is 1. The van der Waals surface area contributed by atoms with Gasteiger partial charge < -0.3 is 0 Å². The third-order valence-corrected chi connectivity index (χ3v) is 8.07. The SMILES string of the molecule is O=C(CSc1nc2sc3c(c2c(=O)n1-c1ccccc1)CCCC3)NN=Cc1ccccc1Cl. The molecule has 0 radical (unpaired) electrons. The minimum Gasteiger partial charge on any atom is -0.272 e. The Morgan fingerprint density at radius 2 is 1.91 bits per heavy atom. The van der Waals surface area contributed by atoms with Gasteiger partial charge in [0.2, 0.25) is 0 Å². The van der Waals surface area contributed by atoms with Crippen LogP contribution in [0, 0.1) is 0 Å². The number of aromatic nitrogens is 2. The predicted molar refractivity (Wildman–Crippen MR) is 140 cm³/mol. The highest BCUT2D eigenvalue weighted by atomic mass is 35.5. The Morgan fingerprint density at radius 1 is 1.15 bits per heavy atom. The third-order valence-electron chi connectivity index (χ3n) is 5.60. The van der Waals surface area contributed by atoms with Gasteiger partial charge in [0.1, 0.15) is 4.83 Å². The van der Waals surface area contributed by atoms with Crippen LogP contribution in [0.1, 0.15) is 28.8 Å². The minimum atomic E-state index is -0.298. The van der Waals surface area contributed by atoms with Gasteiger partial charge in [0.25, 0.3) is 11.5 Å². The number of carbonyl (C=O) groups is 1. The van der Waals surface area contributed by atoms with Crippen LogP contribution in [0.5, 0.6) is 0 Å². The topological polar surface area (TPSA) is 76.3 Å². The van der Waals surface area contributed by atoms with E-state index in [2.05, 4.69) is 10.5 Å². The molecule has 4 aromatic rings. The quantitative estimate of drug-likeness (QED) is 0.168. The smallest absolute Gasteiger partial charge is 0.267 e. The maximum absolute atomic E-state index is 13.7. The maximum atomic E-state index is 13.7. The van der Waals surface area contributed by atoms with Crippen molar-refractivity contribution in [2.45, 2.75) is 30.8 Å². The number of thioether (sulfide) groups is 1. The lowest BCUT2D eigenvalue weighted by Gasteiger charge is -2.13. The number of benzene rings is 2. The Bertz CT molecular complexity index is 1450. The summed E-state index contributed by atoms with van der Waals surface area (Å²) in [4.78, 5) is 33.0. The summed E-state index contributed by atoms with van der Waals surface area (Å²) >= 11 is 8.93. The summed E-state index contributed by atoms with van der Waals surface area (Å²) in [5.74, 6) is -0.233. The number of nitrogens with one attached hydrogen (secondary N) is 1. The molecule has 0 spiro atoms. The van der Waals surface area contributed by atoms with Crippen molar-refractivity contribution in [3.63, 3.8) is 0 Å². The highest BCUT2D eigenvalue weighted by molar-refractivity contribution is 7.99. The van der Waals surface area contributed by atoms with E-state index in [0.29, 0.717) is 15.7 Å². The van der Waals surface area contributed by atoms with Gasteiger partial charge in [0.05, 0.1) is 23.0 Å². The molecule has 172 valence electrons. The van der Waals surface area contributed by atoms with Crippen molar-refractivity contribution in [1.82, 2.24) is 15.0 Å². The first-order valence-corrected chi connectivity index (χ1v) is 13.1. The molecule has 1 aliphatic rings. The molecule has 5 rings (SSSR count). The van der Waals surface area contributed by atoms with Crippen LogP contribution in [-0.2, 0) is 17.6 Å². The standard InChI is InChI=1S/C25H21ClN4O2S2/c26-19-12-6-4-8-16(19)14-27-29-21(31)15-33-25-28-23-22(18-11-5-7-13-20(18)34-23)24(32)30(25)17-9-2-1-3-10-17/h1-4,6,8-10,12,14H,5,7,11,13,15H2,(H,29,31). The fourth-order valence-electron chi connectivity index (χ4n) is 4.00. The molecule has 6 nitrogen and oxygen atoms in total. The van der Waals surface area contributed by atoms with Crippen LogP contribution in [0.25, 0.3) is 15.9 Å². The zero-order valence-electron chi connectivity index (χ0n) is 18.2. The lowest BCUT2D eigenvalue weighted by atomic mass is 9.97. The van der Waals surface area contributed by atoms with E-state index < -0.39 is 0 Å². The van der Waals surface area contributed by atoms with Gasteiger partial charge in [0, 0.05) is 15.5 Å². The first kappa shape index (κ1) is 22.8. The van der Waals surface area contributed by atoms with Gasteiger partial charge in [-0.15, -0.1) is 11.3 Å². The number of carbonyl (C=O) groups excluding carboxylic acids is 1. The van der Waals surface area contributed by atoms with Crippen LogP contribution in [0.4, 0.5) is 0 Å². The predicted octanol–water partition coefficient (Wildman–Crippen LogP) is 5.22. The summed E-state index contributed by atoms with van der Waals surface area (Å²) in [6.45, 7) is 0. The molecule has 1 aliphatic carbocycles. The summed E-state index contributed by atoms with van der Waals surface area (Å²) in [7, 11) is 0. The first-order valence-electron chi connectivity index (χ1n) is 10.9. The molecule has 2 aromatic carbocycles. The van der Waals surface area contributed by atoms with Crippen molar-refractivity contribution >= 4 is 57.0 Å². The molecule has 9 heteroatoms. The number of nitrogens with zero attached hydrogens (tertiary/aromatic N) is 3. The number of thiophene rings is 1. The van der Waals surface area contributed by atoms with Crippen LogP contribution in [0.2, 0.25) is 5.02 Å². The lowest BCUT2D eigenvalue weighted by molar-refractivity contribution is -0.118. The number of hydrogen-bond donors (Lipinski definition) is 1. The number of aryl methyl sites for hydroxylation is 2. The van der Waals surface area contributed by atoms with Crippen molar-refractivity contribution in [2.24, 2.45) is 5.10 Å². The number of fused-ring (bicyclic) bond motifs is 3. The van der Waals surface area contributed by atoms with Crippen LogP contribution in [0.15, 0.2) is 69.6 Å². The molecule has 0 bridgehead atoms. The van der Waals surface area contributed by atoms with Gasteiger partial charge in [0.15, 0.2) is 5.16 Å². The molecule has 0 fully saturated rings. The third kappa shape index (κ3) is 4.66. The second kappa shape index (κ2) is 10.1. The van der Waals surface area contributed by atoms with E-state index in [1.165, 1.54) is 22.9 Å². The molecule has 0 saturated heterocycles. The van der Waals surface area contributed by atoms with Crippen LogP contribution in [-0.4, -0.2) is 27.4 Å². The average Bonchev–Trinajstić information content (AvgIpc) is 3.23. The number of halogens is 1. The van der Waals surface area contributed by atoms with Gasteiger partial charge >= 0.3 is 0 Å². The molecule has 1 amide bonds. The van der Waals surface area contributed by atoms with E-state index in [1.54, 1.807) is 22.0 Å². The van der Waals surface area contributed by atoms with Crippen molar-refractivity contribution in [2.75, 3.05) is 5.75 Å². The Labute approximate surface area is 209 Å². The van der Waals surface area contributed by atoms with E-state index in [9.17, 15) is 9.59 Å². The average molecular weight is 509 g/mol. The van der Waals surface area contributed by atoms with Gasteiger partial charge in [-0.2, -0.15) is 5.10 Å². The Balaban J connectivity index is 1.42. The van der Waals surface area contributed by atoms with E-state index in [-0.39, 0.29) is 17.2 Å². The van der Waals surface area contributed by atoms with E-state index in [0.717, 1.165) is 47.2 Å². The molecular weight excluding hydrogens is 488 g/mol. The maximum Gasteiger partial charge on any atom is 0.267 e. The minimum absolute atomic E-state index is 0.0652. The lowest BCUT2D eigenvalue weighted by Crippen LogP contribution is -2.24. The van der Waals surface area contributed by atoms with Gasteiger partial charge in [-0.3, -0.25) is 14.2 Å². The van der Waals surface area contributed by atoms with Crippen LogP contribution < -0.4 is 11.0 Å². The highest BCUT2D eigenvalue weighted by Crippen LogP contribution is 2.35. The summed E-state index contributed by atoms with van der Waals surface area (Å²) in [6.07, 6.45) is 5.65. The molecule has 34 heavy (non-hydrogen) atoms. The number of para-hydroxylation sites is 1. The monoisotopic (exact) mass is 508 g/mol. The fraction of sp³-hybridized carbons (Fsp3) is 0.200. The largest absolute Gasteiger partial charge is 0.272 e. The van der Waals surface area contributed by atoms with Crippen LogP contribution in [0.3, 0.4) is 0 Å². The van der Waals surface area contributed by atoms with Crippen molar-refractivity contribution in [3.05, 3.63) is 86.0 Å². The summed E-state index contributed by atoms with van der Waals surface area (Å²) in [5, 5.41) is 5.77. The second-order valence-corrected chi connectivity index (χ2v) is 10.3. The summed E-state index contributed by atoms with van der Waals surface area (Å²) in [5.41, 5.74) is 5.04. The molecule has 0 unspecified atom stereocenters. The molecule has 1 N–H and O–H groups in total. The Hall–Kier alpha value is -2.94. The van der Waals surface area contributed by atoms with Gasteiger partial charge in [-0.25, -0.2) is 10.4 Å². The fourth-order valence-corrected chi connectivity index (χ4v) is 6.30. The molecule has 0 aliphatic heterocycles. The molecule has 0 atom stereocenters. The molecule has 0 saturated carbocycles. The normalized spacial score (nSPS) is 13.3. The number of hydrazone groups is 1.